The molecular formula is C22H24NOP. The molecule has 1 unspecified atom stereocenters. The van der Waals surface area contributed by atoms with E-state index in [0.717, 1.165) is 29.0 Å². The van der Waals surface area contributed by atoms with E-state index in [1.54, 1.807) is 0 Å². The number of hydrogen-bond donors (Lipinski definition) is 1. The van der Waals surface area contributed by atoms with Crippen molar-refractivity contribution in [3.63, 3.8) is 0 Å². The summed E-state index contributed by atoms with van der Waals surface area (Å²) in [5, 5.41) is 1.82. The van der Waals surface area contributed by atoms with E-state index in [4.69, 9.17) is 5.73 Å². The zero-order valence-corrected chi connectivity index (χ0v) is 15.2. The van der Waals surface area contributed by atoms with E-state index in [0.29, 0.717) is 6.54 Å². The molecule has 3 aromatic carbocycles. The van der Waals surface area contributed by atoms with Gasteiger partial charge in [0.2, 0.25) is 0 Å². The molecule has 0 saturated carbocycles. The van der Waals surface area contributed by atoms with Crippen LogP contribution < -0.4 is 16.3 Å². The number of nitrogens with two attached hydrogens (primary N) is 1. The van der Waals surface area contributed by atoms with E-state index in [9.17, 15) is 4.57 Å². The zero-order chi connectivity index (χ0) is 17.5. The van der Waals surface area contributed by atoms with Crippen molar-refractivity contribution in [1.29, 1.82) is 0 Å². The molecule has 3 heteroatoms. The second-order valence-electron chi connectivity index (χ2n) is 6.19. The van der Waals surface area contributed by atoms with E-state index in [-0.39, 0.29) is 5.66 Å². The normalized spacial score (nSPS) is 12.7. The van der Waals surface area contributed by atoms with Gasteiger partial charge in [0.25, 0.3) is 0 Å². The van der Waals surface area contributed by atoms with Crippen LogP contribution in [0.4, 0.5) is 0 Å². The zero-order valence-electron chi connectivity index (χ0n) is 14.3. The summed E-state index contributed by atoms with van der Waals surface area (Å²) in [6.45, 7) is 0.604. The Bertz CT molecular complexity index is 775. The summed E-state index contributed by atoms with van der Waals surface area (Å²) in [6.07, 6.45) is 1.66. The molecule has 2 N–H and O–H groups in total. The minimum absolute atomic E-state index is 0.0675. The Kier molecular flexibility index (Phi) is 5.86. The Morgan fingerprint density at radius 2 is 1.16 bits per heavy atom. The lowest BCUT2D eigenvalue weighted by Crippen LogP contribution is -2.22. The summed E-state index contributed by atoms with van der Waals surface area (Å²) < 4.78 is 14.6. The molecule has 128 valence electrons. The maximum Gasteiger partial charge on any atom is 0.150 e. The molecule has 0 aromatic heterocycles. The molecule has 0 spiro atoms. The average molecular weight is 349 g/mol. The molecule has 0 aliphatic rings. The van der Waals surface area contributed by atoms with Crippen molar-refractivity contribution in [3.05, 3.63) is 96.6 Å². The summed E-state index contributed by atoms with van der Waals surface area (Å²) >= 11 is 0. The Labute approximate surface area is 150 Å². The van der Waals surface area contributed by atoms with Crippen molar-refractivity contribution in [1.82, 2.24) is 0 Å². The summed E-state index contributed by atoms with van der Waals surface area (Å²) in [7, 11) is -2.84. The molecule has 0 amide bonds. The van der Waals surface area contributed by atoms with Crippen molar-refractivity contribution < 1.29 is 4.57 Å². The first kappa shape index (κ1) is 17.7. The fourth-order valence-corrected chi connectivity index (χ4v) is 6.74. The van der Waals surface area contributed by atoms with Crippen molar-refractivity contribution in [3.8, 4) is 0 Å². The first-order chi connectivity index (χ1) is 12.3. The topological polar surface area (TPSA) is 43.1 Å². The van der Waals surface area contributed by atoms with E-state index in [1.165, 1.54) is 0 Å². The van der Waals surface area contributed by atoms with Crippen LogP contribution in [0.15, 0.2) is 91.0 Å². The van der Waals surface area contributed by atoms with Crippen LogP contribution >= 0.6 is 7.14 Å². The highest BCUT2D eigenvalue weighted by molar-refractivity contribution is 7.79. The van der Waals surface area contributed by atoms with Crippen molar-refractivity contribution in [2.45, 2.75) is 18.5 Å². The predicted octanol–water partition coefficient (Wildman–Crippen LogP) is 4.48. The third kappa shape index (κ3) is 3.76. The molecular weight excluding hydrogens is 325 g/mol. The van der Waals surface area contributed by atoms with Gasteiger partial charge >= 0.3 is 0 Å². The highest BCUT2D eigenvalue weighted by atomic mass is 31.2. The first-order valence-electron chi connectivity index (χ1n) is 8.73. The third-order valence-corrected chi connectivity index (χ3v) is 8.15. The number of hydrogen-bond acceptors (Lipinski definition) is 2. The fraction of sp³-hybridized carbons (Fsp3) is 0.182. The van der Waals surface area contributed by atoms with Gasteiger partial charge < -0.3 is 10.3 Å². The van der Waals surface area contributed by atoms with Crippen LogP contribution in [-0.4, -0.2) is 6.54 Å². The Balaban J connectivity index is 2.19. The van der Waals surface area contributed by atoms with Crippen LogP contribution in [0.25, 0.3) is 0 Å². The Morgan fingerprint density at radius 1 is 0.720 bits per heavy atom. The van der Waals surface area contributed by atoms with E-state index in [2.05, 4.69) is 12.1 Å². The molecule has 1 atom stereocenters. The van der Waals surface area contributed by atoms with Crippen molar-refractivity contribution in [2.24, 2.45) is 5.73 Å². The minimum atomic E-state index is -2.84. The molecule has 25 heavy (non-hydrogen) atoms. The molecule has 0 radical (unpaired) electrons. The largest absolute Gasteiger partial charge is 0.330 e. The van der Waals surface area contributed by atoms with Crippen LogP contribution in [-0.2, 0) is 4.57 Å². The van der Waals surface area contributed by atoms with Gasteiger partial charge in [0, 0.05) is 16.3 Å². The molecule has 3 aromatic rings. The standard InChI is InChI=1S/C22H24NOP/c23-18-10-17-22(19-11-4-1-5-12-19)25(24,20-13-6-2-7-14-20)21-15-8-3-9-16-21/h1-9,11-16,22H,10,17-18,23H2. The Hall–Kier alpha value is -2.15. The van der Waals surface area contributed by atoms with Gasteiger partial charge in [-0.05, 0) is 24.9 Å². The van der Waals surface area contributed by atoms with E-state index in [1.807, 2.05) is 78.9 Å². The molecule has 3 rings (SSSR count). The number of benzene rings is 3. The molecule has 0 heterocycles. The molecule has 0 bridgehead atoms. The molecule has 2 nitrogen and oxygen atoms in total. The molecule has 0 fully saturated rings. The van der Waals surface area contributed by atoms with Crippen LogP contribution in [0, 0.1) is 0 Å². The van der Waals surface area contributed by atoms with Crippen LogP contribution in [0.5, 0.6) is 0 Å². The van der Waals surface area contributed by atoms with Crippen molar-refractivity contribution >= 4 is 17.8 Å². The van der Waals surface area contributed by atoms with Gasteiger partial charge in [-0.15, -0.1) is 0 Å². The van der Waals surface area contributed by atoms with Gasteiger partial charge in [-0.2, -0.15) is 0 Å². The van der Waals surface area contributed by atoms with E-state index < -0.39 is 7.14 Å². The van der Waals surface area contributed by atoms with Crippen LogP contribution in [0.1, 0.15) is 24.1 Å². The summed E-state index contributed by atoms with van der Waals surface area (Å²) in [6, 6.07) is 30.0. The maximum atomic E-state index is 14.6. The molecule has 0 aliphatic heterocycles. The quantitative estimate of drug-likeness (QED) is 0.639. The monoisotopic (exact) mass is 349 g/mol. The van der Waals surface area contributed by atoms with Crippen LogP contribution in [0.2, 0.25) is 0 Å². The van der Waals surface area contributed by atoms with Gasteiger partial charge in [-0.25, -0.2) is 0 Å². The first-order valence-corrected chi connectivity index (χ1v) is 10.5. The van der Waals surface area contributed by atoms with Gasteiger partial charge in [-0.3, -0.25) is 0 Å². The van der Waals surface area contributed by atoms with Crippen molar-refractivity contribution in [2.75, 3.05) is 6.54 Å². The average Bonchev–Trinajstić information content (AvgIpc) is 2.70. The highest BCUT2D eigenvalue weighted by Crippen LogP contribution is 2.59. The lowest BCUT2D eigenvalue weighted by atomic mass is 10.1. The second kappa shape index (κ2) is 8.29. The minimum Gasteiger partial charge on any atom is -0.330 e. The van der Waals surface area contributed by atoms with Gasteiger partial charge in [-0.1, -0.05) is 91.0 Å². The smallest absolute Gasteiger partial charge is 0.150 e. The van der Waals surface area contributed by atoms with Crippen LogP contribution in [0.3, 0.4) is 0 Å². The third-order valence-electron chi connectivity index (χ3n) is 4.58. The predicted molar refractivity (Wildman–Crippen MR) is 107 cm³/mol. The highest BCUT2D eigenvalue weighted by Gasteiger charge is 2.37. The van der Waals surface area contributed by atoms with Gasteiger partial charge in [0.05, 0.1) is 0 Å². The summed E-state index contributed by atoms with van der Waals surface area (Å²) in [5.41, 5.74) is 6.84. The Morgan fingerprint density at radius 3 is 1.60 bits per heavy atom. The summed E-state index contributed by atoms with van der Waals surface area (Å²) in [4.78, 5) is 0. The maximum absolute atomic E-state index is 14.6. The lowest BCUT2D eigenvalue weighted by molar-refractivity contribution is 0.571. The molecule has 0 aliphatic carbocycles. The van der Waals surface area contributed by atoms with E-state index >= 15 is 0 Å². The second-order valence-corrected chi connectivity index (χ2v) is 9.16. The van der Waals surface area contributed by atoms with Gasteiger partial charge in [0.1, 0.15) is 7.14 Å². The van der Waals surface area contributed by atoms with Gasteiger partial charge in [0.15, 0.2) is 0 Å². The summed E-state index contributed by atoms with van der Waals surface area (Å²) in [5.74, 6) is 0. The fourth-order valence-electron chi connectivity index (χ4n) is 3.35. The SMILES string of the molecule is NCCCC(c1ccccc1)P(=O)(c1ccccc1)c1ccccc1. The lowest BCUT2D eigenvalue weighted by Gasteiger charge is -2.29. The molecule has 0 saturated heterocycles. The number of rotatable bonds is 7.